The SMILES string of the molecule is N#Cc1c(Cl)ccc2c1C(=O)c1ccccc1C2=O. The Hall–Kier alpha value is -2.44. The highest BCUT2D eigenvalue weighted by Crippen LogP contribution is 2.32. The van der Waals surface area contributed by atoms with Gasteiger partial charge in [-0.05, 0) is 12.1 Å². The fraction of sp³-hybridized carbons (Fsp3) is 0. The first-order chi connectivity index (χ1) is 9.15. The summed E-state index contributed by atoms with van der Waals surface area (Å²) in [7, 11) is 0. The summed E-state index contributed by atoms with van der Waals surface area (Å²) in [5.74, 6) is -0.581. The lowest BCUT2D eigenvalue weighted by molar-refractivity contribution is 0.0979. The second kappa shape index (κ2) is 4.04. The highest BCUT2D eigenvalue weighted by molar-refractivity contribution is 6.35. The van der Waals surface area contributed by atoms with E-state index in [9.17, 15) is 9.59 Å². The average molecular weight is 268 g/mol. The fourth-order valence-electron chi connectivity index (χ4n) is 2.27. The van der Waals surface area contributed by atoms with Crippen molar-refractivity contribution >= 4 is 23.2 Å². The van der Waals surface area contributed by atoms with Crippen LogP contribution in [-0.2, 0) is 0 Å². The van der Waals surface area contributed by atoms with E-state index in [0.717, 1.165) is 0 Å². The van der Waals surface area contributed by atoms with E-state index in [2.05, 4.69) is 0 Å². The summed E-state index contributed by atoms with van der Waals surface area (Å²) < 4.78 is 0. The largest absolute Gasteiger partial charge is 0.289 e. The molecule has 0 aromatic heterocycles. The Kier molecular flexibility index (Phi) is 2.48. The number of nitriles is 1. The van der Waals surface area contributed by atoms with E-state index in [0.29, 0.717) is 11.1 Å². The van der Waals surface area contributed by atoms with Gasteiger partial charge in [0.25, 0.3) is 0 Å². The third kappa shape index (κ3) is 1.51. The molecular weight excluding hydrogens is 262 g/mol. The zero-order valence-electron chi connectivity index (χ0n) is 9.61. The van der Waals surface area contributed by atoms with Crippen molar-refractivity contribution in [3.8, 4) is 6.07 Å². The predicted octanol–water partition coefficient (Wildman–Crippen LogP) is 2.99. The third-order valence-corrected chi connectivity index (χ3v) is 3.47. The lowest BCUT2D eigenvalue weighted by Gasteiger charge is -2.18. The molecule has 0 aliphatic heterocycles. The van der Waals surface area contributed by atoms with Crippen LogP contribution in [-0.4, -0.2) is 11.6 Å². The zero-order chi connectivity index (χ0) is 13.6. The maximum Gasteiger partial charge on any atom is 0.195 e. The lowest BCUT2D eigenvalue weighted by Crippen LogP contribution is -2.22. The summed E-state index contributed by atoms with van der Waals surface area (Å²) in [5, 5.41) is 9.31. The van der Waals surface area contributed by atoms with Crippen LogP contribution in [0.3, 0.4) is 0 Å². The molecule has 0 saturated carbocycles. The molecule has 90 valence electrons. The second-order valence-corrected chi connectivity index (χ2v) is 4.57. The van der Waals surface area contributed by atoms with Crippen molar-refractivity contribution in [1.29, 1.82) is 5.26 Å². The molecule has 0 spiro atoms. The minimum absolute atomic E-state index is 0.0621. The quantitative estimate of drug-likeness (QED) is 0.629. The van der Waals surface area contributed by atoms with Crippen molar-refractivity contribution in [3.05, 3.63) is 69.2 Å². The van der Waals surface area contributed by atoms with Gasteiger partial charge in [-0.25, -0.2) is 0 Å². The van der Waals surface area contributed by atoms with Crippen LogP contribution in [0.15, 0.2) is 36.4 Å². The Morgan fingerprint density at radius 1 is 0.895 bits per heavy atom. The Morgan fingerprint density at radius 2 is 1.53 bits per heavy atom. The molecule has 0 saturated heterocycles. The first-order valence-corrected chi connectivity index (χ1v) is 5.94. The number of carbonyl (C=O) groups excluding carboxylic acids is 2. The second-order valence-electron chi connectivity index (χ2n) is 4.16. The number of hydrogen-bond acceptors (Lipinski definition) is 3. The zero-order valence-corrected chi connectivity index (χ0v) is 10.4. The molecular formula is C15H6ClNO2. The van der Waals surface area contributed by atoms with Crippen LogP contribution < -0.4 is 0 Å². The molecule has 3 nitrogen and oxygen atoms in total. The van der Waals surface area contributed by atoms with Crippen molar-refractivity contribution < 1.29 is 9.59 Å². The van der Waals surface area contributed by atoms with Gasteiger partial charge in [-0.3, -0.25) is 9.59 Å². The van der Waals surface area contributed by atoms with Crippen LogP contribution in [0.2, 0.25) is 5.02 Å². The van der Waals surface area contributed by atoms with Gasteiger partial charge in [-0.2, -0.15) is 5.26 Å². The standard InChI is InChI=1S/C15H6ClNO2/c16-12-6-5-10-13(11(12)7-17)15(19)9-4-2-1-3-8(9)14(10)18/h1-6H. The van der Waals surface area contributed by atoms with E-state index in [1.54, 1.807) is 24.3 Å². The smallest absolute Gasteiger partial charge is 0.195 e. The maximum absolute atomic E-state index is 12.4. The van der Waals surface area contributed by atoms with Crippen LogP contribution in [0.5, 0.6) is 0 Å². The summed E-state index contributed by atoms with van der Waals surface area (Å²) in [6, 6.07) is 11.4. The first-order valence-electron chi connectivity index (χ1n) is 5.56. The number of rotatable bonds is 0. The van der Waals surface area contributed by atoms with E-state index >= 15 is 0 Å². The van der Waals surface area contributed by atoms with Gasteiger partial charge in [0.05, 0.1) is 16.1 Å². The highest BCUT2D eigenvalue weighted by Gasteiger charge is 2.32. The molecule has 19 heavy (non-hydrogen) atoms. The van der Waals surface area contributed by atoms with Gasteiger partial charge in [0.15, 0.2) is 11.6 Å². The summed E-state index contributed by atoms with van der Waals surface area (Å²) in [6.45, 7) is 0. The van der Waals surface area contributed by atoms with Crippen molar-refractivity contribution in [2.75, 3.05) is 0 Å². The van der Waals surface area contributed by atoms with Crippen molar-refractivity contribution in [2.24, 2.45) is 0 Å². The maximum atomic E-state index is 12.4. The predicted molar refractivity (Wildman–Crippen MR) is 69.5 cm³/mol. The fourth-order valence-corrected chi connectivity index (χ4v) is 2.47. The van der Waals surface area contributed by atoms with Gasteiger partial charge in [-0.15, -0.1) is 0 Å². The normalized spacial score (nSPS) is 12.6. The van der Waals surface area contributed by atoms with Crippen LogP contribution in [0.1, 0.15) is 37.4 Å². The summed E-state index contributed by atoms with van der Waals surface area (Å²) in [6.07, 6.45) is 0. The molecule has 4 heteroatoms. The number of hydrogen-bond donors (Lipinski definition) is 0. The Bertz CT molecular complexity index is 787. The number of carbonyl (C=O) groups is 2. The molecule has 1 aliphatic rings. The van der Waals surface area contributed by atoms with Gasteiger partial charge in [0, 0.05) is 16.7 Å². The number of fused-ring (bicyclic) bond motifs is 2. The van der Waals surface area contributed by atoms with E-state index < -0.39 is 0 Å². The minimum atomic E-state index is -0.329. The van der Waals surface area contributed by atoms with Gasteiger partial charge >= 0.3 is 0 Å². The van der Waals surface area contributed by atoms with Crippen molar-refractivity contribution in [1.82, 2.24) is 0 Å². The molecule has 0 unspecified atom stereocenters. The van der Waals surface area contributed by atoms with Gasteiger partial charge < -0.3 is 0 Å². The molecule has 0 heterocycles. The molecule has 0 fully saturated rings. The van der Waals surface area contributed by atoms with Crippen molar-refractivity contribution in [2.45, 2.75) is 0 Å². The topological polar surface area (TPSA) is 57.9 Å². The molecule has 2 aromatic rings. The number of benzene rings is 2. The Labute approximate surface area is 114 Å². The summed E-state index contributed by atoms with van der Waals surface area (Å²) in [5.41, 5.74) is 1.10. The van der Waals surface area contributed by atoms with Crippen LogP contribution in [0.25, 0.3) is 0 Å². The van der Waals surface area contributed by atoms with Gasteiger partial charge in [0.2, 0.25) is 0 Å². The van der Waals surface area contributed by atoms with E-state index in [-0.39, 0.29) is 33.3 Å². The Balaban J connectivity index is 2.40. The molecule has 2 aromatic carbocycles. The van der Waals surface area contributed by atoms with Gasteiger partial charge in [0.1, 0.15) is 6.07 Å². The van der Waals surface area contributed by atoms with E-state index in [4.69, 9.17) is 16.9 Å². The van der Waals surface area contributed by atoms with Crippen molar-refractivity contribution in [3.63, 3.8) is 0 Å². The number of halogens is 1. The molecule has 0 N–H and O–H groups in total. The summed E-state index contributed by atoms with van der Waals surface area (Å²) >= 11 is 5.92. The molecule has 0 radical (unpaired) electrons. The Morgan fingerprint density at radius 3 is 2.16 bits per heavy atom. The first kappa shape index (κ1) is 11.6. The number of ketones is 2. The van der Waals surface area contributed by atoms with Crippen LogP contribution >= 0.6 is 11.6 Å². The number of nitrogens with zero attached hydrogens (tertiary/aromatic N) is 1. The summed E-state index contributed by atoms with van der Waals surface area (Å²) in [4.78, 5) is 24.8. The van der Waals surface area contributed by atoms with Crippen LogP contribution in [0.4, 0.5) is 0 Å². The minimum Gasteiger partial charge on any atom is -0.289 e. The molecule has 0 amide bonds. The average Bonchev–Trinajstić information content (AvgIpc) is 2.44. The van der Waals surface area contributed by atoms with Crippen LogP contribution in [0, 0.1) is 11.3 Å². The molecule has 0 bridgehead atoms. The monoisotopic (exact) mass is 267 g/mol. The lowest BCUT2D eigenvalue weighted by atomic mass is 9.82. The molecule has 0 atom stereocenters. The molecule has 1 aliphatic carbocycles. The van der Waals surface area contributed by atoms with E-state index in [1.165, 1.54) is 12.1 Å². The molecule has 3 rings (SSSR count). The van der Waals surface area contributed by atoms with E-state index in [1.807, 2.05) is 6.07 Å². The third-order valence-electron chi connectivity index (χ3n) is 3.15. The van der Waals surface area contributed by atoms with Gasteiger partial charge in [-0.1, -0.05) is 35.9 Å². The highest BCUT2D eigenvalue weighted by atomic mass is 35.5.